The van der Waals surface area contributed by atoms with Gasteiger partial charge in [0.15, 0.2) is 0 Å². The highest BCUT2D eigenvalue weighted by atomic mass is 16.4. The Labute approximate surface area is 127 Å². The standard InChI is InChI=1S/C16H28N2O3/c1-18(15(21)13-8-4-2-7-11-17-13)16(12-14(19)20)9-5-3-6-10-16/h13,17H,2-12H2,1H3,(H,19,20). The summed E-state index contributed by atoms with van der Waals surface area (Å²) < 4.78 is 0. The van der Waals surface area contributed by atoms with Crippen LogP contribution in [0.1, 0.15) is 64.2 Å². The zero-order chi connectivity index (χ0) is 15.3. The van der Waals surface area contributed by atoms with E-state index in [1.807, 2.05) is 7.05 Å². The summed E-state index contributed by atoms with van der Waals surface area (Å²) in [5, 5.41) is 12.6. The van der Waals surface area contributed by atoms with Crippen LogP contribution in [0.25, 0.3) is 0 Å². The van der Waals surface area contributed by atoms with Crippen LogP contribution in [-0.2, 0) is 9.59 Å². The minimum absolute atomic E-state index is 0.0714. The lowest BCUT2D eigenvalue weighted by molar-refractivity contribution is -0.147. The van der Waals surface area contributed by atoms with E-state index >= 15 is 0 Å². The lowest BCUT2D eigenvalue weighted by atomic mass is 9.77. The zero-order valence-corrected chi connectivity index (χ0v) is 13.1. The van der Waals surface area contributed by atoms with Crippen LogP contribution >= 0.6 is 0 Å². The first kappa shape index (κ1) is 16.3. The molecule has 1 amide bonds. The molecule has 0 radical (unpaired) electrons. The molecule has 0 aromatic carbocycles. The number of rotatable bonds is 4. The van der Waals surface area contributed by atoms with Gasteiger partial charge in [0.2, 0.25) is 5.91 Å². The van der Waals surface area contributed by atoms with E-state index in [0.717, 1.165) is 57.9 Å². The maximum atomic E-state index is 12.8. The number of likely N-dealkylation sites (N-methyl/N-ethyl adjacent to an activating group) is 1. The predicted octanol–water partition coefficient (Wildman–Crippen LogP) is 2.15. The van der Waals surface area contributed by atoms with Crippen LogP contribution in [0.2, 0.25) is 0 Å². The van der Waals surface area contributed by atoms with Crippen molar-refractivity contribution in [2.45, 2.75) is 75.8 Å². The number of nitrogens with one attached hydrogen (secondary N) is 1. The Morgan fingerprint density at radius 3 is 2.48 bits per heavy atom. The molecule has 2 aliphatic rings. The molecule has 5 nitrogen and oxygen atoms in total. The number of carboxylic acids is 1. The van der Waals surface area contributed by atoms with Crippen molar-refractivity contribution in [1.29, 1.82) is 0 Å². The second-order valence-electron chi connectivity index (χ2n) is 6.61. The Hall–Kier alpha value is -1.10. The fraction of sp³-hybridized carbons (Fsp3) is 0.875. The van der Waals surface area contributed by atoms with Gasteiger partial charge in [-0.25, -0.2) is 0 Å². The minimum atomic E-state index is -0.801. The Morgan fingerprint density at radius 2 is 1.81 bits per heavy atom. The van der Waals surface area contributed by atoms with Gasteiger partial charge in [0.25, 0.3) is 0 Å². The average Bonchev–Trinajstić information content (AvgIpc) is 2.75. The molecule has 1 saturated heterocycles. The van der Waals surface area contributed by atoms with E-state index in [1.165, 1.54) is 6.42 Å². The molecule has 21 heavy (non-hydrogen) atoms. The molecule has 0 spiro atoms. The van der Waals surface area contributed by atoms with Gasteiger partial charge in [-0.05, 0) is 32.2 Å². The van der Waals surface area contributed by atoms with Gasteiger partial charge in [-0.15, -0.1) is 0 Å². The highest BCUT2D eigenvalue weighted by Gasteiger charge is 2.42. The third-order valence-corrected chi connectivity index (χ3v) is 5.17. The van der Waals surface area contributed by atoms with Gasteiger partial charge in [0, 0.05) is 7.05 Å². The summed E-state index contributed by atoms with van der Waals surface area (Å²) >= 11 is 0. The summed E-state index contributed by atoms with van der Waals surface area (Å²) in [6.07, 6.45) is 9.10. The van der Waals surface area contributed by atoms with E-state index in [4.69, 9.17) is 0 Å². The van der Waals surface area contributed by atoms with Crippen LogP contribution in [0.15, 0.2) is 0 Å². The van der Waals surface area contributed by atoms with Crippen molar-refractivity contribution in [3.63, 3.8) is 0 Å². The molecule has 1 aliphatic heterocycles. The van der Waals surface area contributed by atoms with Crippen molar-refractivity contribution in [2.75, 3.05) is 13.6 Å². The van der Waals surface area contributed by atoms with E-state index in [0.29, 0.717) is 0 Å². The third-order valence-electron chi connectivity index (χ3n) is 5.17. The maximum Gasteiger partial charge on any atom is 0.305 e. The minimum Gasteiger partial charge on any atom is -0.481 e. The summed E-state index contributed by atoms with van der Waals surface area (Å²) in [7, 11) is 1.81. The first-order valence-corrected chi connectivity index (χ1v) is 8.28. The van der Waals surface area contributed by atoms with Gasteiger partial charge in [-0.1, -0.05) is 32.1 Å². The fourth-order valence-electron chi connectivity index (χ4n) is 3.83. The summed E-state index contributed by atoms with van der Waals surface area (Å²) in [6.45, 7) is 0.885. The number of nitrogens with zero attached hydrogens (tertiary/aromatic N) is 1. The first-order valence-electron chi connectivity index (χ1n) is 8.28. The van der Waals surface area contributed by atoms with Gasteiger partial charge in [0.05, 0.1) is 18.0 Å². The topological polar surface area (TPSA) is 69.6 Å². The molecule has 120 valence electrons. The van der Waals surface area contributed by atoms with E-state index in [9.17, 15) is 14.7 Å². The van der Waals surface area contributed by atoms with Crippen molar-refractivity contribution in [2.24, 2.45) is 0 Å². The highest BCUT2D eigenvalue weighted by molar-refractivity contribution is 5.83. The molecule has 0 aromatic heterocycles. The third kappa shape index (κ3) is 3.96. The van der Waals surface area contributed by atoms with E-state index in [2.05, 4.69) is 5.32 Å². The van der Waals surface area contributed by atoms with Crippen LogP contribution in [0, 0.1) is 0 Å². The van der Waals surface area contributed by atoms with Crippen molar-refractivity contribution >= 4 is 11.9 Å². The summed E-state index contributed by atoms with van der Waals surface area (Å²) in [5.74, 6) is -0.717. The smallest absolute Gasteiger partial charge is 0.305 e. The lowest BCUT2D eigenvalue weighted by Gasteiger charge is -2.45. The van der Waals surface area contributed by atoms with Gasteiger partial charge in [0.1, 0.15) is 0 Å². The second-order valence-corrected chi connectivity index (χ2v) is 6.61. The molecule has 0 bridgehead atoms. The van der Waals surface area contributed by atoms with Crippen LogP contribution in [0.3, 0.4) is 0 Å². The number of carbonyl (C=O) groups is 2. The molecule has 1 atom stereocenters. The lowest BCUT2D eigenvalue weighted by Crippen LogP contribution is -2.57. The normalized spacial score (nSPS) is 25.9. The molecule has 5 heteroatoms. The van der Waals surface area contributed by atoms with Gasteiger partial charge in [-0.3, -0.25) is 9.59 Å². The van der Waals surface area contributed by atoms with Gasteiger partial charge < -0.3 is 15.3 Å². The number of carboxylic acid groups (broad SMARTS) is 1. The molecule has 2 rings (SSSR count). The SMILES string of the molecule is CN(C(=O)C1CCCCCN1)C1(CC(=O)O)CCCCC1. The molecule has 1 heterocycles. The zero-order valence-electron chi connectivity index (χ0n) is 13.1. The quantitative estimate of drug-likeness (QED) is 0.834. The second kappa shape index (κ2) is 7.25. The molecule has 0 aromatic rings. The monoisotopic (exact) mass is 296 g/mol. The molecule has 2 fully saturated rings. The molecule has 2 N–H and O–H groups in total. The molecular formula is C16H28N2O3. The molecule has 1 saturated carbocycles. The van der Waals surface area contributed by atoms with Crippen LogP contribution in [-0.4, -0.2) is 47.1 Å². The van der Waals surface area contributed by atoms with Crippen molar-refractivity contribution in [1.82, 2.24) is 10.2 Å². The number of aliphatic carboxylic acids is 1. The summed E-state index contributed by atoms with van der Waals surface area (Å²) in [5.41, 5.74) is -0.477. The fourth-order valence-corrected chi connectivity index (χ4v) is 3.83. The van der Waals surface area contributed by atoms with E-state index in [1.54, 1.807) is 4.90 Å². The van der Waals surface area contributed by atoms with Gasteiger partial charge >= 0.3 is 5.97 Å². The summed E-state index contributed by atoms with van der Waals surface area (Å²) in [4.78, 5) is 25.9. The van der Waals surface area contributed by atoms with Crippen molar-refractivity contribution in [3.05, 3.63) is 0 Å². The number of carbonyl (C=O) groups excluding carboxylic acids is 1. The van der Waals surface area contributed by atoms with Gasteiger partial charge in [-0.2, -0.15) is 0 Å². The Bertz CT molecular complexity index is 370. The molecule has 1 aliphatic carbocycles. The predicted molar refractivity (Wildman–Crippen MR) is 81.1 cm³/mol. The molecular weight excluding hydrogens is 268 g/mol. The van der Waals surface area contributed by atoms with Crippen molar-refractivity contribution < 1.29 is 14.7 Å². The summed E-state index contributed by atoms with van der Waals surface area (Å²) in [6, 6.07) is -0.134. The van der Waals surface area contributed by atoms with Crippen LogP contribution in [0.5, 0.6) is 0 Å². The van der Waals surface area contributed by atoms with Crippen molar-refractivity contribution in [3.8, 4) is 0 Å². The van der Waals surface area contributed by atoms with Crippen LogP contribution < -0.4 is 5.32 Å². The Kier molecular flexibility index (Phi) is 5.62. The van der Waals surface area contributed by atoms with Crippen LogP contribution in [0.4, 0.5) is 0 Å². The maximum absolute atomic E-state index is 12.8. The Balaban J connectivity index is 2.10. The highest BCUT2D eigenvalue weighted by Crippen LogP contribution is 2.36. The number of hydrogen-bond donors (Lipinski definition) is 2. The van der Waals surface area contributed by atoms with E-state index in [-0.39, 0.29) is 18.4 Å². The first-order chi connectivity index (χ1) is 10.1. The van der Waals surface area contributed by atoms with E-state index < -0.39 is 11.5 Å². The number of amides is 1. The molecule has 1 unspecified atom stereocenters. The number of hydrogen-bond acceptors (Lipinski definition) is 3. The largest absolute Gasteiger partial charge is 0.481 e. The average molecular weight is 296 g/mol. The Morgan fingerprint density at radius 1 is 1.14 bits per heavy atom.